The van der Waals surface area contributed by atoms with Crippen LogP contribution in [0.15, 0.2) is 83.9 Å². The second-order valence-corrected chi connectivity index (χ2v) is 8.01. The lowest BCUT2D eigenvalue weighted by molar-refractivity contribution is -0.113. The minimum absolute atomic E-state index is 0.0833. The third-order valence-corrected chi connectivity index (χ3v) is 5.61. The van der Waals surface area contributed by atoms with Crippen molar-refractivity contribution in [2.75, 3.05) is 16.4 Å². The molecule has 0 aliphatic rings. The summed E-state index contributed by atoms with van der Waals surface area (Å²) in [5.74, 6) is 0.0348. The van der Waals surface area contributed by atoms with Gasteiger partial charge in [0.1, 0.15) is 0 Å². The smallest absolute Gasteiger partial charge is 0.255 e. The van der Waals surface area contributed by atoms with Crippen LogP contribution in [0.2, 0.25) is 0 Å². The first-order chi connectivity index (χ1) is 14.6. The van der Waals surface area contributed by atoms with E-state index in [1.54, 1.807) is 12.1 Å². The van der Waals surface area contributed by atoms with Crippen molar-refractivity contribution in [3.8, 4) is 0 Å². The lowest BCUT2D eigenvalue weighted by Gasteiger charge is -2.08. The van der Waals surface area contributed by atoms with Crippen molar-refractivity contribution in [1.29, 1.82) is 0 Å². The van der Waals surface area contributed by atoms with Gasteiger partial charge >= 0.3 is 0 Å². The van der Waals surface area contributed by atoms with Crippen LogP contribution in [0.4, 0.5) is 11.4 Å². The number of hydrogen-bond donors (Lipinski definition) is 3. The van der Waals surface area contributed by atoms with Crippen molar-refractivity contribution in [3.63, 3.8) is 0 Å². The van der Waals surface area contributed by atoms with E-state index in [4.69, 9.17) is 0 Å². The SMILES string of the molecule is Cc1ccc(C(=O)Nc2cccc(SCC(=O)Nc3ccc4cc[nH]c4c3)c2)cc1. The van der Waals surface area contributed by atoms with Gasteiger partial charge in [-0.25, -0.2) is 0 Å². The molecular weight excluding hydrogens is 394 g/mol. The van der Waals surface area contributed by atoms with E-state index in [1.165, 1.54) is 11.8 Å². The maximum Gasteiger partial charge on any atom is 0.255 e. The van der Waals surface area contributed by atoms with Gasteiger partial charge in [-0.15, -0.1) is 11.8 Å². The number of anilines is 2. The highest BCUT2D eigenvalue weighted by molar-refractivity contribution is 8.00. The first kappa shape index (κ1) is 19.8. The fourth-order valence-electron chi connectivity index (χ4n) is 3.04. The van der Waals surface area contributed by atoms with E-state index >= 15 is 0 Å². The zero-order valence-electron chi connectivity index (χ0n) is 16.4. The molecule has 1 heterocycles. The molecule has 4 aromatic rings. The Bertz CT molecular complexity index is 1200. The van der Waals surface area contributed by atoms with Gasteiger partial charge in [0.2, 0.25) is 5.91 Å². The summed E-state index contributed by atoms with van der Waals surface area (Å²) < 4.78 is 0. The topological polar surface area (TPSA) is 74.0 Å². The Hall–Kier alpha value is -3.51. The van der Waals surface area contributed by atoms with Gasteiger partial charge in [0.25, 0.3) is 5.91 Å². The van der Waals surface area contributed by atoms with Gasteiger partial charge in [-0.05, 0) is 60.8 Å². The number of H-pyrrole nitrogens is 1. The molecule has 0 spiro atoms. The van der Waals surface area contributed by atoms with Crippen LogP contribution in [0.3, 0.4) is 0 Å². The molecule has 4 rings (SSSR count). The van der Waals surface area contributed by atoms with E-state index in [-0.39, 0.29) is 17.6 Å². The minimum atomic E-state index is -0.158. The molecule has 0 aliphatic carbocycles. The Morgan fingerprint density at radius 2 is 1.70 bits per heavy atom. The van der Waals surface area contributed by atoms with E-state index in [2.05, 4.69) is 15.6 Å². The number of carbonyl (C=O) groups is 2. The fraction of sp³-hybridized carbons (Fsp3) is 0.0833. The largest absolute Gasteiger partial charge is 0.361 e. The maximum absolute atomic E-state index is 12.4. The fourth-order valence-corrected chi connectivity index (χ4v) is 3.80. The van der Waals surface area contributed by atoms with E-state index in [9.17, 15) is 9.59 Å². The number of carbonyl (C=O) groups excluding carboxylic acids is 2. The van der Waals surface area contributed by atoms with Gasteiger partial charge in [0.15, 0.2) is 0 Å². The number of thioether (sulfide) groups is 1. The first-order valence-corrected chi connectivity index (χ1v) is 10.5. The van der Waals surface area contributed by atoms with Crippen molar-refractivity contribution in [2.24, 2.45) is 0 Å². The first-order valence-electron chi connectivity index (χ1n) is 9.55. The molecule has 2 amide bonds. The summed E-state index contributed by atoms with van der Waals surface area (Å²) in [6.07, 6.45) is 1.87. The average molecular weight is 416 g/mol. The molecule has 0 fully saturated rings. The van der Waals surface area contributed by atoms with E-state index < -0.39 is 0 Å². The quantitative estimate of drug-likeness (QED) is 0.366. The van der Waals surface area contributed by atoms with E-state index in [1.807, 2.05) is 73.8 Å². The summed E-state index contributed by atoms with van der Waals surface area (Å²) in [7, 11) is 0. The molecule has 0 saturated carbocycles. The summed E-state index contributed by atoms with van der Waals surface area (Å²) in [5, 5.41) is 6.92. The number of aromatic nitrogens is 1. The standard InChI is InChI=1S/C24H21N3O2S/c1-16-5-7-18(8-6-16)24(29)27-19-3-2-4-21(13-19)30-15-23(28)26-20-10-9-17-11-12-25-22(17)14-20/h2-14,25H,15H2,1H3,(H,26,28)(H,27,29). The predicted molar refractivity (Wildman–Crippen MR) is 123 cm³/mol. The average Bonchev–Trinajstić information content (AvgIpc) is 3.21. The number of aryl methyl sites for hydroxylation is 1. The Morgan fingerprint density at radius 3 is 2.53 bits per heavy atom. The second kappa shape index (κ2) is 8.88. The maximum atomic E-state index is 12.4. The molecule has 0 aliphatic heterocycles. The Kier molecular flexibility index (Phi) is 5.86. The van der Waals surface area contributed by atoms with Crippen LogP contribution in [-0.2, 0) is 4.79 Å². The number of fused-ring (bicyclic) bond motifs is 1. The number of aromatic amines is 1. The lowest BCUT2D eigenvalue weighted by Crippen LogP contribution is -2.14. The third kappa shape index (κ3) is 4.90. The van der Waals surface area contributed by atoms with Crippen LogP contribution >= 0.6 is 11.8 Å². The van der Waals surface area contributed by atoms with Crippen molar-refractivity contribution in [1.82, 2.24) is 4.98 Å². The van der Waals surface area contributed by atoms with E-state index in [0.717, 1.165) is 27.0 Å². The molecule has 0 radical (unpaired) electrons. The van der Waals surface area contributed by atoms with Crippen molar-refractivity contribution in [3.05, 3.63) is 90.1 Å². The monoisotopic (exact) mass is 415 g/mol. The Balaban J connectivity index is 1.33. The van der Waals surface area contributed by atoms with Crippen LogP contribution in [0.5, 0.6) is 0 Å². The lowest BCUT2D eigenvalue weighted by atomic mass is 10.1. The third-order valence-electron chi connectivity index (χ3n) is 4.61. The molecule has 30 heavy (non-hydrogen) atoms. The molecule has 3 aromatic carbocycles. The molecule has 3 N–H and O–H groups in total. The summed E-state index contributed by atoms with van der Waals surface area (Å²) in [4.78, 5) is 28.8. The van der Waals surface area contributed by atoms with Crippen LogP contribution in [-0.4, -0.2) is 22.6 Å². The molecule has 150 valence electrons. The number of amides is 2. The summed E-state index contributed by atoms with van der Waals surface area (Å²) >= 11 is 1.42. The summed E-state index contributed by atoms with van der Waals surface area (Å²) in [6.45, 7) is 1.98. The number of hydrogen-bond acceptors (Lipinski definition) is 3. The van der Waals surface area contributed by atoms with Gasteiger partial charge in [0.05, 0.1) is 5.75 Å². The highest BCUT2D eigenvalue weighted by Crippen LogP contribution is 2.23. The Morgan fingerprint density at radius 1 is 0.900 bits per heavy atom. The molecule has 0 unspecified atom stereocenters. The van der Waals surface area contributed by atoms with Crippen molar-refractivity contribution >= 4 is 45.9 Å². The molecule has 0 saturated heterocycles. The van der Waals surface area contributed by atoms with Crippen LogP contribution in [0, 0.1) is 6.92 Å². The molecule has 1 aromatic heterocycles. The zero-order chi connectivity index (χ0) is 20.9. The van der Waals surface area contributed by atoms with Crippen molar-refractivity contribution in [2.45, 2.75) is 11.8 Å². The number of nitrogens with one attached hydrogen (secondary N) is 3. The van der Waals surface area contributed by atoms with Crippen LogP contribution in [0.25, 0.3) is 10.9 Å². The normalized spacial score (nSPS) is 10.7. The molecule has 0 bridgehead atoms. The zero-order valence-corrected chi connectivity index (χ0v) is 17.3. The minimum Gasteiger partial charge on any atom is -0.361 e. The second-order valence-electron chi connectivity index (χ2n) is 6.96. The van der Waals surface area contributed by atoms with Crippen LogP contribution < -0.4 is 10.6 Å². The molecule has 6 heteroatoms. The predicted octanol–water partition coefficient (Wildman–Crippen LogP) is 5.46. The van der Waals surface area contributed by atoms with Gasteiger partial charge in [0, 0.05) is 33.5 Å². The summed E-state index contributed by atoms with van der Waals surface area (Å²) in [6, 6.07) is 22.7. The van der Waals surface area contributed by atoms with Crippen molar-refractivity contribution < 1.29 is 9.59 Å². The Labute approximate surface area is 178 Å². The van der Waals surface area contributed by atoms with Gasteiger partial charge in [-0.1, -0.05) is 29.8 Å². The number of rotatable bonds is 6. The van der Waals surface area contributed by atoms with Crippen LogP contribution in [0.1, 0.15) is 15.9 Å². The number of benzene rings is 3. The highest BCUT2D eigenvalue weighted by Gasteiger charge is 2.08. The summed E-state index contributed by atoms with van der Waals surface area (Å²) in [5.41, 5.74) is 4.16. The highest BCUT2D eigenvalue weighted by atomic mass is 32.2. The van der Waals surface area contributed by atoms with Gasteiger partial charge < -0.3 is 15.6 Å². The van der Waals surface area contributed by atoms with Gasteiger partial charge in [-0.2, -0.15) is 0 Å². The molecular formula is C24H21N3O2S. The van der Waals surface area contributed by atoms with E-state index in [0.29, 0.717) is 11.3 Å². The van der Waals surface area contributed by atoms with Gasteiger partial charge in [-0.3, -0.25) is 9.59 Å². The molecule has 0 atom stereocenters. The molecule has 5 nitrogen and oxygen atoms in total.